The second-order valence-corrected chi connectivity index (χ2v) is 3.79. The highest BCUT2D eigenvalue weighted by Gasteiger charge is 2.13. The minimum absolute atomic E-state index is 0.665. The Morgan fingerprint density at radius 1 is 0.812 bits per heavy atom. The molecule has 0 aliphatic rings. The molecule has 0 bridgehead atoms. The van der Waals surface area contributed by atoms with Gasteiger partial charge in [0.25, 0.3) is 0 Å². The maximum absolute atomic E-state index is 11.0. The highest BCUT2D eigenvalue weighted by atomic mass is 16.1. The van der Waals surface area contributed by atoms with Crippen molar-refractivity contribution >= 4 is 12.6 Å². The highest BCUT2D eigenvalue weighted by Crippen LogP contribution is 2.23. The van der Waals surface area contributed by atoms with Gasteiger partial charge in [0.15, 0.2) is 0 Å². The minimum atomic E-state index is 0.665. The Morgan fingerprint density at radius 2 is 1.19 bits per heavy atom. The first-order valence-electron chi connectivity index (χ1n) is 5.81. The van der Waals surface area contributed by atoms with Crippen LogP contribution in [0.2, 0.25) is 0 Å². The van der Waals surface area contributed by atoms with Crippen molar-refractivity contribution in [2.24, 2.45) is 0 Å². The smallest absolute Gasteiger partial charge is 0.150 e. The standard InChI is InChI=1S/C14H18O2/c1-4-12-10(8-15)7-11(9-16)13(5-2)14(12)6-3/h7-9H,4-6H2,1-3H3. The summed E-state index contributed by atoms with van der Waals surface area (Å²) in [6.45, 7) is 6.15. The van der Waals surface area contributed by atoms with Crippen LogP contribution in [0.4, 0.5) is 0 Å². The molecule has 0 saturated heterocycles. The largest absolute Gasteiger partial charge is 0.298 e. The maximum Gasteiger partial charge on any atom is 0.150 e. The molecule has 0 aromatic heterocycles. The fraction of sp³-hybridized carbons (Fsp3) is 0.429. The molecule has 0 fully saturated rings. The molecule has 1 aromatic rings. The van der Waals surface area contributed by atoms with Crippen molar-refractivity contribution in [3.63, 3.8) is 0 Å². The lowest BCUT2D eigenvalue weighted by atomic mass is 9.88. The molecule has 0 aliphatic carbocycles. The van der Waals surface area contributed by atoms with Crippen LogP contribution in [0.25, 0.3) is 0 Å². The van der Waals surface area contributed by atoms with Gasteiger partial charge in [0.05, 0.1) is 0 Å². The zero-order valence-electron chi connectivity index (χ0n) is 10.2. The summed E-state index contributed by atoms with van der Waals surface area (Å²) in [5.74, 6) is 0. The number of carbonyl (C=O) groups is 2. The van der Waals surface area contributed by atoms with Crippen LogP contribution in [-0.2, 0) is 19.3 Å². The third-order valence-corrected chi connectivity index (χ3v) is 3.05. The molecular formula is C14H18O2. The summed E-state index contributed by atoms with van der Waals surface area (Å²) < 4.78 is 0. The van der Waals surface area contributed by atoms with Gasteiger partial charge in [0, 0.05) is 11.1 Å². The van der Waals surface area contributed by atoms with E-state index in [1.807, 2.05) is 13.8 Å². The fourth-order valence-corrected chi connectivity index (χ4v) is 2.34. The van der Waals surface area contributed by atoms with Crippen LogP contribution >= 0.6 is 0 Å². The molecule has 0 N–H and O–H groups in total. The van der Waals surface area contributed by atoms with Crippen molar-refractivity contribution in [2.45, 2.75) is 40.0 Å². The average molecular weight is 218 g/mol. The second kappa shape index (κ2) is 5.59. The summed E-state index contributed by atoms with van der Waals surface area (Å²) in [6, 6.07) is 1.72. The van der Waals surface area contributed by atoms with Gasteiger partial charge in [-0.1, -0.05) is 20.8 Å². The quantitative estimate of drug-likeness (QED) is 0.712. The minimum Gasteiger partial charge on any atom is -0.298 e. The van der Waals surface area contributed by atoms with E-state index in [4.69, 9.17) is 0 Å². The number of rotatable bonds is 5. The molecule has 16 heavy (non-hydrogen) atoms. The number of hydrogen-bond donors (Lipinski definition) is 0. The van der Waals surface area contributed by atoms with Gasteiger partial charge in [-0.2, -0.15) is 0 Å². The molecule has 0 spiro atoms. The molecule has 0 amide bonds. The topological polar surface area (TPSA) is 34.1 Å². The van der Waals surface area contributed by atoms with Crippen LogP contribution in [-0.4, -0.2) is 12.6 Å². The van der Waals surface area contributed by atoms with Crippen molar-refractivity contribution in [1.82, 2.24) is 0 Å². The van der Waals surface area contributed by atoms with Crippen molar-refractivity contribution in [1.29, 1.82) is 0 Å². The van der Waals surface area contributed by atoms with Gasteiger partial charge in [0.1, 0.15) is 12.6 Å². The van der Waals surface area contributed by atoms with Gasteiger partial charge in [-0.25, -0.2) is 0 Å². The lowest BCUT2D eigenvalue weighted by molar-refractivity contribution is 0.112. The molecule has 2 nitrogen and oxygen atoms in total. The lowest BCUT2D eigenvalue weighted by Crippen LogP contribution is -2.06. The van der Waals surface area contributed by atoms with Gasteiger partial charge in [-0.05, 0) is 42.0 Å². The zero-order valence-corrected chi connectivity index (χ0v) is 10.2. The highest BCUT2D eigenvalue weighted by molar-refractivity contribution is 5.86. The number of carbonyl (C=O) groups excluding carboxylic acids is 2. The average Bonchev–Trinajstić information content (AvgIpc) is 2.35. The zero-order chi connectivity index (χ0) is 12.1. The van der Waals surface area contributed by atoms with Gasteiger partial charge < -0.3 is 0 Å². The van der Waals surface area contributed by atoms with E-state index in [1.54, 1.807) is 6.07 Å². The monoisotopic (exact) mass is 218 g/mol. The van der Waals surface area contributed by atoms with Crippen LogP contribution in [0, 0.1) is 0 Å². The van der Waals surface area contributed by atoms with Gasteiger partial charge in [-0.3, -0.25) is 9.59 Å². The summed E-state index contributed by atoms with van der Waals surface area (Å²) in [5.41, 5.74) is 4.70. The van der Waals surface area contributed by atoms with Gasteiger partial charge >= 0.3 is 0 Å². The van der Waals surface area contributed by atoms with E-state index < -0.39 is 0 Å². The molecule has 2 heteroatoms. The van der Waals surface area contributed by atoms with Crippen molar-refractivity contribution in [3.05, 3.63) is 33.9 Å². The van der Waals surface area contributed by atoms with Crippen LogP contribution in [0.1, 0.15) is 58.2 Å². The summed E-state index contributed by atoms with van der Waals surface area (Å²) in [5, 5.41) is 0. The molecule has 0 heterocycles. The molecule has 0 unspecified atom stereocenters. The molecule has 86 valence electrons. The normalized spacial score (nSPS) is 10.2. The maximum atomic E-state index is 11.0. The number of hydrogen-bond acceptors (Lipinski definition) is 2. The van der Waals surface area contributed by atoms with Gasteiger partial charge in [0.2, 0.25) is 0 Å². The molecule has 0 aliphatic heterocycles. The molecule has 0 radical (unpaired) electrons. The Kier molecular flexibility index (Phi) is 4.41. The summed E-state index contributed by atoms with van der Waals surface area (Å²) in [7, 11) is 0. The summed E-state index contributed by atoms with van der Waals surface area (Å²) >= 11 is 0. The summed E-state index contributed by atoms with van der Waals surface area (Å²) in [6.07, 6.45) is 4.25. The molecule has 0 saturated carbocycles. The number of benzene rings is 1. The Balaban J connectivity index is 3.60. The van der Waals surface area contributed by atoms with Crippen molar-refractivity contribution < 1.29 is 9.59 Å². The van der Waals surface area contributed by atoms with E-state index in [2.05, 4.69) is 6.92 Å². The Morgan fingerprint density at radius 3 is 1.44 bits per heavy atom. The SMILES string of the molecule is CCc1c(C=O)cc(C=O)c(CC)c1CC. The molecule has 0 atom stereocenters. The number of aldehydes is 2. The molecule has 1 rings (SSSR count). The first-order chi connectivity index (χ1) is 7.73. The predicted octanol–water partition coefficient (Wildman–Crippen LogP) is 3.00. The van der Waals surface area contributed by atoms with Crippen LogP contribution < -0.4 is 0 Å². The lowest BCUT2D eigenvalue weighted by Gasteiger charge is -2.16. The summed E-state index contributed by atoms with van der Waals surface area (Å²) in [4.78, 5) is 22.0. The van der Waals surface area contributed by atoms with E-state index in [0.29, 0.717) is 11.1 Å². The van der Waals surface area contributed by atoms with E-state index in [0.717, 1.165) is 43.0 Å². The first-order valence-corrected chi connectivity index (χ1v) is 5.81. The predicted molar refractivity (Wildman–Crippen MR) is 65.4 cm³/mol. The van der Waals surface area contributed by atoms with Crippen LogP contribution in [0.5, 0.6) is 0 Å². The third-order valence-electron chi connectivity index (χ3n) is 3.05. The van der Waals surface area contributed by atoms with E-state index in [9.17, 15) is 9.59 Å². The first kappa shape index (κ1) is 12.6. The Bertz CT molecular complexity index is 371. The van der Waals surface area contributed by atoms with Crippen molar-refractivity contribution in [3.8, 4) is 0 Å². The van der Waals surface area contributed by atoms with Crippen LogP contribution in [0.15, 0.2) is 6.07 Å². The fourth-order valence-electron chi connectivity index (χ4n) is 2.34. The van der Waals surface area contributed by atoms with E-state index >= 15 is 0 Å². The Labute approximate surface area is 96.7 Å². The molecular weight excluding hydrogens is 200 g/mol. The second-order valence-electron chi connectivity index (χ2n) is 3.79. The van der Waals surface area contributed by atoms with Gasteiger partial charge in [-0.15, -0.1) is 0 Å². The molecule has 1 aromatic carbocycles. The Hall–Kier alpha value is -1.44. The van der Waals surface area contributed by atoms with E-state index in [-0.39, 0.29) is 0 Å². The van der Waals surface area contributed by atoms with Crippen molar-refractivity contribution in [2.75, 3.05) is 0 Å². The van der Waals surface area contributed by atoms with Crippen LogP contribution in [0.3, 0.4) is 0 Å². The third kappa shape index (κ3) is 2.06. The van der Waals surface area contributed by atoms with E-state index in [1.165, 1.54) is 5.56 Å².